The summed E-state index contributed by atoms with van der Waals surface area (Å²) in [7, 11) is 1.66. The van der Waals surface area contributed by atoms with Gasteiger partial charge in [-0.25, -0.2) is 4.98 Å². The van der Waals surface area contributed by atoms with Gasteiger partial charge in [-0.2, -0.15) is 0 Å². The summed E-state index contributed by atoms with van der Waals surface area (Å²) in [4.78, 5) is 28.7. The standard InChI is InChI=1S/C11H15N3O3/c1-7-8(11(16)17)3-5-14(7)9-10(15)13(2)6-4-12-9/h4,6-8H,3,5H2,1-2H3,(H,16,17). The monoisotopic (exact) mass is 237 g/mol. The molecule has 92 valence electrons. The van der Waals surface area contributed by atoms with Crippen LogP contribution in [0.5, 0.6) is 0 Å². The highest BCUT2D eigenvalue weighted by atomic mass is 16.4. The van der Waals surface area contributed by atoms with Crippen molar-refractivity contribution < 1.29 is 9.90 Å². The SMILES string of the molecule is CC1C(C(=O)O)CCN1c1nccn(C)c1=O. The normalized spacial score (nSPS) is 24.0. The van der Waals surface area contributed by atoms with Crippen molar-refractivity contribution in [2.24, 2.45) is 13.0 Å². The highest BCUT2D eigenvalue weighted by molar-refractivity contribution is 5.72. The van der Waals surface area contributed by atoms with Gasteiger partial charge in [0.15, 0.2) is 5.82 Å². The Morgan fingerprint density at radius 1 is 1.59 bits per heavy atom. The summed E-state index contributed by atoms with van der Waals surface area (Å²) in [5.74, 6) is -0.902. The van der Waals surface area contributed by atoms with Crippen molar-refractivity contribution in [3.63, 3.8) is 0 Å². The van der Waals surface area contributed by atoms with Crippen LogP contribution in [-0.4, -0.2) is 33.2 Å². The van der Waals surface area contributed by atoms with Crippen LogP contribution >= 0.6 is 0 Å². The second-order valence-corrected chi connectivity index (χ2v) is 4.33. The number of aryl methyl sites for hydroxylation is 1. The van der Waals surface area contributed by atoms with Gasteiger partial charge in [0.25, 0.3) is 5.56 Å². The summed E-state index contributed by atoms with van der Waals surface area (Å²) in [6.45, 7) is 2.38. The average Bonchev–Trinajstić information content (AvgIpc) is 2.64. The molecule has 1 aromatic rings. The first-order valence-electron chi connectivity index (χ1n) is 5.53. The molecule has 0 aromatic carbocycles. The van der Waals surface area contributed by atoms with E-state index >= 15 is 0 Å². The number of hydrogen-bond donors (Lipinski definition) is 1. The van der Waals surface area contributed by atoms with E-state index in [1.807, 2.05) is 6.92 Å². The molecule has 0 bridgehead atoms. The van der Waals surface area contributed by atoms with Crippen molar-refractivity contribution in [1.82, 2.24) is 9.55 Å². The van der Waals surface area contributed by atoms with Crippen LogP contribution in [0.2, 0.25) is 0 Å². The maximum atomic E-state index is 11.9. The Kier molecular flexibility index (Phi) is 2.87. The minimum atomic E-state index is -0.812. The van der Waals surface area contributed by atoms with E-state index < -0.39 is 11.9 Å². The Hall–Kier alpha value is -1.85. The lowest BCUT2D eigenvalue weighted by Gasteiger charge is -2.23. The molecule has 2 atom stereocenters. The summed E-state index contributed by atoms with van der Waals surface area (Å²) in [6.07, 6.45) is 3.69. The largest absolute Gasteiger partial charge is 0.481 e. The minimum absolute atomic E-state index is 0.189. The summed E-state index contributed by atoms with van der Waals surface area (Å²) >= 11 is 0. The van der Waals surface area contributed by atoms with Gasteiger partial charge in [0.05, 0.1) is 5.92 Å². The zero-order valence-electron chi connectivity index (χ0n) is 9.83. The summed E-state index contributed by atoms with van der Waals surface area (Å²) in [5, 5.41) is 9.04. The van der Waals surface area contributed by atoms with Crippen LogP contribution in [0.3, 0.4) is 0 Å². The van der Waals surface area contributed by atoms with Gasteiger partial charge in [-0.3, -0.25) is 9.59 Å². The lowest BCUT2D eigenvalue weighted by molar-refractivity contribution is -0.141. The van der Waals surface area contributed by atoms with Crippen molar-refractivity contribution in [3.8, 4) is 0 Å². The molecule has 0 radical (unpaired) electrons. The maximum absolute atomic E-state index is 11.9. The second-order valence-electron chi connectivity index (χ2n) is 4.33. The Balaban J connectivity index is 2.34. The number of carboxylic acid groups (broad SMARTS) is 1. The molecular formula is C11H15N3O3. The van der Waals surface area contributed by atoms with Crippen LogP contribution in [0.1, 0.15) is 13.3 Å². The third-order valence-corrected chi connectivity index (χ3v) is 3.34. The van der Waals surface area contributed by atoms with Crippen molar-refractivity contribution >= 4 is 11.8 Å². The number of nitrogens with zero attached hydrogens (tertiary/aromatic N) is 3. The van der Waals surface area contributed by atoms with E-state index in [0.29, 0.717) is 18.8 Å². The number of rotatable bonds is 2. The molecule has 6 heteroatoms. The van der Waals surface area contributed by atoms with Gasteiger partial charge in [-0.1, -0.05) is 0 Å². The molecule has 1 fully saturated rings. The van der Waals surface area contributed by atoms with Gasteiger partial charge >= 0.3 is 5.97 Å². The number of carbonyl (C=O) groups is 1. The second kappa shape index (κ2) is 4.20. The quantitative estimate of drug-likeness (QED) is 0.788. The van der Waals surface area contributed by atoms with Gasteiger partial charge in [0.1, 0.15) is 0 Å². The molecule has 1 aliphatic heterocycles. The number of anilines is 1. The molecule has 1 saturated heterocycles. The number of aliphatic carboxylic acids is 1. The Morgan fingerprint density at radius 2 is 2.29 bits per heavy atom. The molecule has 6 nitrogen and oxygen atoms in total. The fourth-order valence-corrected chi connectivity index (χ4v) is 2.25. The molecule has 0 spiro atoms. The summed E-state index contributed by atoms with van der Waals surface area (Å²) in [5.41, 5.74) is -0.189. The molecule has 2 unspecified atom stereocenters. The molecule has 0 saturated carbocycles. The van der Waals surface area contributed by atoms with E-state index in [0.717, 1.165) is 0 Å². The fraction of sp³-hybridized carbons (Fsp3) is 0.545. The maximum Gasteiger partial charge on any atom is 0.308 e. The topological polar surface area (TPSA) is 75.4 Å². The van der Waals surface area contributed by atoms with Gasteiger partial charge in [-0.05, 0) is 13.3 Å². The van der Waals surface area contributed by atoms with Crippen LogP contribution in [-0.2, 0) is 11.8 Å². The molecule has 2 heterocycles. The highest BCUT2D eigenvalue weighted by Gasteiger charge is 2.37. The average molecular weight is 237 g/mol. The van der Waals surface area contributed by atoms with E-state index in [1.54, 1.807) is 24.3 Å². The van der Waals surface area contributed by atoms with Crippen LogP contribution in [0, 0.1) is 5.92 Å². The van der Waals surface area contributed by atoms with E-state index in [9.17, 15) is 9.59 Å². The third-order valence-electron chi connectivity index (χ3n) is 3.34. The lowest BCUT2D eigenvalue weighted by atomic mass is 10.0. The molecule has 17 heavy (non-hydrogen) atoms. The first kappa shape index (κ1) is 11.6. The molecular weight excluding hydrogens is 222 g/mol. The van der Waals surface area contributed by atoms with Crippen molar-refractivity contribution in [3.05, 3.63) is 22.7 Å². The Morgan fingerprint density at radius 3 is 2.88 bits per heavy atom. The van der Waals surface area contributed by atoms with Gasteiger partial charge in [0, 0.05) is 32.0 Å². The van der Waals surface area contributed by atoms with Gasteiger partial charge in [-0.15, -0.1) is 0 Å². The van der Waals surface area contributed by atoms with Gasteiger partial charge in [0.2, 0.25) is 0 Å². The first-order valence-corrected chi connectivity index (χ1v) is 5.53. The zero-order chi connectivity index (χ0) is 12.6. The fourth-order valence-electron chi connectivity index (χ4n) is 2.25. The number of hydrogen-bond acceptors (Lipinski definition) is 4. The van der Waals surface area contributed by atoms with Crippen molar-refractivity contribution in [2.75, 3.05) is 11.4 Å². The third kappa shape index (κ3) is 1.90. The van der Waals surface area contributed by atoms with Crippen LogP contribution in [0.4, 0.5) is 5.82 Å². The van der Waals surface area contributed by atoms with E-state index in [-0.39, 0.29) is 11.6 Å². The molecule has 1 N–H and O–H groups in total. The predicted octanol–water partition coefficient (Wildman–Crippen LogP) is 0.0797. The summed E-state index contributed by atoms with van der Waals surface area (Å²) < 4.78 is 1.45. The predicted molar refractivity (Wildman–Crippen MR) is 62.0 cm³/mol. The molecule has 0 aliphatic carbocycles. The first-order chi connectivity index (χ1) is 8.02. The molecule has 2 rings (SSSR count). The van der Waals surface area contributed by atoms with Crippen molar-refractivity contribution in [1.29, 1.82) is 0 Å². The number of carboxylic acids is 1. The number of aromatic nitrogens is 2. The highest BCUT2D eigenvalue weighted by Crippen LogP contribution is 2.26. The molecule has 1 aliphatic rings. The zero-order valence-corrected chi connectivity index (χ0v) is 9.83. The van der Waals surface area contributed by atoms with E-state index in [4.69, 9.17) is 5.11 Å². The lowest BCUT2D eigenvalue weighted by Crippen LogP contribution is -2.38. The Bertz CT molecular complexity index is 497. The van der Waals surface area contributed by atoms with Crippen LogP contribution in [0.15, 0.2) is 17.2 Å². The van der Waals surface area contributed by atoms with Crippen LogP contribution < -0.4 is 10.5 Å². The molecule has 1 aromatic heterocycles. The van der Waals surface area contributed by atoms with E-state index in [1.165, 1.54) is 4.57 Å². The van der Waals surface area contributed by atoms with E-state index in [2.05, 4.69) is 4.98 Å². The minimum Gasteiger partial charge on any atom is -0.481 e. The Labute approximate surface area is 98.5 Å². The van der Waals surface area contributed by atoms with Crippen LogP contribution in [0.25, 0.3) is 0 Å². The summed E-state index contributed by atoms with van der Waals surface area (Å²) in [6, 6.07) is -0.199. The molecule has 0 amide bonds. The smallest absolute Gasteiger partial charge is 0.308 e. The van der Waals surface area contributed by atoms with Gasteiger partial charge < -0.3 is 14.6 Å². The van der Waals surface area contributed by atoms with Crippen molar-refractivity contribution in [2.45, 2.75) is 19.4 Å².